The van der Waals surface area contributed by atoms with E-state index in [2.05, 4.69) is 15.8 Å². The molecule has 10 nitrogen and oxygen atoms in total. The number of nitrogens with zero attached hydrogens (tertiary/aromatic N) is 1. The predicted octanol–water partition coefficient (Wildman–Crippen LogP) is 4.12. The molecule has 0 saturated carbocycles. The molecule has 0 bridgehead atoms. The van der Waals surface area contributed by atoms with E-state index in [9.17, 15) is 19.2 Å². The van der Waals surface area contributed by atoms with E-state index in [0.29, 0.717) is 33.2 Å². The number of thiophene rings is 1. The van der Waals surface area contributed by atoms with E-state index in [4.69, 9.17) is 14.2 Å². The van der Waals surface area contributed by atoms with Gasteiger partial charge < -0.3 is 19.5 Å². The minimum absolute atomic E-state index is 0.206. The zero-order valence-electron chi connectivity index (χ0n) is 21.4. The summed E-state index contributed by atoms with van der Waals surface area (Å²) >= 11 is 1.30. The third-order valence-corrected chi connectivity index (χ3v) is 7.09. The number of carbonyl (C=O) groups excluding carboxylic acids is 4. The van der Waals surface area contributed by atoms with E-state index in [1.165, 1.54) is 24.7 Å². The minimum atomic E-state index is -0.988. The van der Waals surface area contributed by atoms with Gasteiger partial charge in [-0.3, -0.25) is 9.59 Å². The second kappa shape index (κ2) is 12.8. The molecule has 4 rings (SSSR count). The Kier molecular flexibility index (Phi) is 9.06. The van der Waals surface area contributed by atoms with Gasteiger partial charge in [-0.15, -0.1) is 11.3 Å². The first-order chi connectivity index (χ1) is 18.9. The standard InChI is InChI=1S/C28H27N3O7S/c1-3-37-28(35)23-21-6-4-5-7-22(21)39-26(23)30-24(32)25(33)31-29-16-17-8-12-20(13-9-17)38-27(34)18-10-14-19(36-2)15-11-18/h8-16H,3-7H2,1-2H3,(H,30,32)(H,31,33)/b29-16+. The van der Waals surface area contributed by atoms with Crippen molar-refractivity contribution < 1.29 is 33.4 Å². The molecule has 1 heterocycles. The van der Waals surface area contributed by atoms with Crippen LogP contribution in [0, 0.1) is 0 Å². The Morgan fingerprint density at radius 3 is 2.31 bits per heavy atom. The molecule has 0 saturated heterocycles. The number of anilines is 1. The Morgan fingerprint density at radius 2 is 1.62 bits per heavy atom. The van der Waals surface area contributed by atoms with Crippen molar-refractivity contribution in [3.05, 3.63) is 75.7 Å². The number of methoxy groups -OCH3 is 1. The highest BCUT2D eigenvalue weighted by Gasteiger charge is 2.28. The topological polar surface area (TPSA) is 132 Å². The summed E-state index contributed by atoms with van der Waals surface area (Å²) in [5.41, 5.74) is 4.36. The van der Waals surface area contributed by atoms with Crippen LogP contribution in [0.5, 0.6) is 11.5 Å². The molecule has 202 valence electrons. The van der Waals surface area contributed by atoms with E-state index < -0.39 is 23.8 Å². The maximum absolute atomic E-state index is 12.5. The fourth-order valence-electron chi connectivity index (χ4n) is 3.96. The van der Waals surface area contributed by atoms with Crippen LogP contribution >= 0.6 is 11.3 Å². The first kappa shape index (κ1) is 27.5. The SMILES string of the molecule is CCOC(=O)c1c(NC(=O)C(=O)N/N=C/c2ccc(OC(=O)c3ccc(OC)cc3)cc2)sc2c1CCCC2. The highest BCUT2D eigenvalue weighted by molar-refractivity contribution is 7.17. The zero-order chi connectivity index (χ0) is 27.8. The van der Waals surface area contributed by atoms with Gasteiger partial charge in [0.2, 0.25) is 0 Å². The van der Waals surface area contributed by atoms with Crippen LogP contribution in [0.25, 0.3) is 0 Å². The van der Waals surface area contributed by atoms with Crippen molar-refractivity contribution in [3.63, 3.8) is 0 Å². The average Bonchev–Trinajstić information content (AvgIpc) is 3.32. The van der Waals surface area contributed by atoms with Crippen molar-refractivity contribution in [2.45, 2.75) is 32.6 Å². The van der Waals surface area contributed by atoms with E-state index in [1.54, 1.807) is 55.5 Å². The summed E-state index contributed by atoms with van der Waals surface area (Å²) in [4.78, 5) is 50.7. The van der Waals surface area contributed by atoms with E-state index >= 15 is 0 Å². The molecular formula is C28H27N3O7S. The van der Waals surface area contributed by atoms with Gasteiger partial charge in [-0.25, -0.2) is 15.0 Å². The highest BCUT2D eigenvalue weighted by atomic mass is 32.1. The summed E-state index contributed by atoms with van der Waals surface area (Å²) in [6.07, 6.45) is 4.84. The molecule has 0 radical (unpaired) electrons. The molecule has 0 spiro atoms. The summed E-state index contributed by atoms with van der Waals surface area (Å²) in [5.74, 6) is -2.01. The van der Waals surface area contributed by atoms with Crippen LogP contribution in [0.1, 0.15) is 56.5 Å². The second-order valence-electron chi connectivity index (χ2n) is 8.48. The Labute approximate surface area is 229 Å². The van der Waals surface area contributed by atoms with Gasteiger partial charge in [-0.2, -0.15) is 5.10 Å². The number of nitrogens with one attached hydrogen (secondary N) is 2. The highest BCUT2D eigenvalue weighted by Crippen LogP contribution is 2.38. The Balaban J connectivity index is 1.32. The molecule has 2 N–H and O–H groups in total. The summed E-state index contributed by atoms with van der Waals surface area (Å²) in [7, 11) is 1.54. The van der Waals surface area contributed by atoms with Gasteiger partial charge in [0.1, 0.15) is 16.5 Å². The second-order valence-corrected chi connectivity index (χ2v) is 9.58. The Morgan fingerprint density at radius 1 is 0.923 bits per heavy atom. The summed E-state index contributed by atoms with van der Waals surface area (Å²) in [6.45, 7) is 1.92. The number of hydrogen-bond donors (Lipinski definition) is 2. The van der Waals surface area contributed by atoms with Crippen LogP contribution in [-0.4, -0.2) is 43.7 Å². The smallest absolute Gasteiger partial charge is 0.343 e. The van der Waals surface area contributed by atoms with Crippen LogP contribution in [0.2, 0.25) is 0 Å². The summed E-state index contributed by atoms with van der Waals surface area (Å²) in [5, 5.41) is 6.67. The van der Waals surface area contributed by atoms with Crippen LogP contribution < -0.4 is 20.2 Å². The van der Waals surface area contributed by atoms with Crippen LogP contribution in [-0.2, 0) is 27.2 Å². The number of amides is 2. The van der Waals surface area contributed by atoms with Gasteiger partial charge in [0.05, 0.1) is 31.1 Å². The van der Waals surface area contributed by atoms with Crippen molar-refractivity contribution in [2.24, 2.45) is 5.10 Å². The van der Waals surface area contributed by atoms with Crippen LogP contribution in [0.15, 0.2) is 53.6 Å². The maximum atomic E-state index is 12.5. The largest absolute Gasteiger partial charge is 0.497 e. The summed E-state index contributed by atoms with van der Waals surface area (Å²) < 4.78 is 15.6. The lowest BCUT2D eigenvalue weighted by Gasteiger charge is -2.12. The van der Waals surface area contributed by atoms with Crippen LogP contribution in [0.4, 0.5) is 5.00 Å². The number of ether oxygens (including phenoxy) is 3. The fraction of sp³-hybridized carbons (Fsp3) is 0.250. The molecule has 0 atom stereocenters. The zero-order valence-corrected chi connectivity index (χ0v) is 22.3. The van der Waals surface area contributed by atoms with E-state index in [1.807, 2.05) is 0 Å². The lowest BCUT2D eigenvalue weighted by Crippen LogP contribution is -2.32. The predicted molar refractivity (Wildman–Crippen MR) is 146 cm³/mol. The lowest BCUT2D eigenvalue weighted by atomic mass is 9.95. The van der Waals surface area contributed by atoms with Crippen molar-refractivity contribution >= 4 is 46.3 Å². The number of hydrazone groups is 1. The number of carbonyl (C=O) groups is 4. The lowest BCUT2D eigenvalue weighted by molar-refractivity contribution is -0.136. The first-order valence-corrected chi connectivity index (χ1v) is 13.1. The number of aryl methyl sites for hydroxylation is 1. The van der Waals surface area contributed by atoms with Crippen molar-refractivity contribution in [1.82, 2.24) is 5.43 Å². The number of rotatable bonds is 8. The van der Waals surface area contributed by atoms with Gasteiger partial charge in [-0.05, 0) is 92.3 Å². The number of fused-ring (bicyclic) bond motifs is 1. The van der Waals surface area contributed by atoms with Gasteiger partial charge >= 0.3 is 23.8 Å². The van der Waals surface area contributed by atoms with Gasteiger partial charge in [0.25, 0.3) is 0 Å². The molecule has 11 heteroatoms. The molecule has 0 unspecified atom stereocenters. The number of benzene rings is 2. The van der Waals surface area contributed by atoms with Gasteiger partial charge in [0, 0.05) is 4.88 Å². The van der Waals surface area contributed by atoms with Crippen molar-refractivity contribution in [1.29, 1.82) is 0 Å². The van der Waals surface area contributed by atoms with E-state index in [0.717, 1.165) is 36.1 Å². The Bertz CT molecular complexity index is 1400. The van der Waals surface area contributed by atoms with E-state index in [-0.39, 0.29) is 6.61 Å². The number of esters is 2. The van der Waals surface area contributed by atoms with Gasteiger partial charge in [0.15, 0.2) is 0 Å². The van der Waals surface area contributed by atoms with Gasteiger partial charge in [-0.1, -0.05) is 0 Å². The molecule has 0 aliphatic heterocycles. The normalized spacial score (nSPS) is 12.4. The average molecular weight is 550 g/mol. The molecule has 1 aliphatic rings. The molecule has 1 aromatic heterocycles. The molecule has 0 fully saturated rings. The molecule has 39 heavy (non-hydrogen) atoms. The molecule has 3 aromatic rings. The molecule has 2 amide bonds. The van der Waals surface area contributed by atoms with Crippen molar-refractivity contribution in [3.8, 4) is 11.5 Å². The number of hydrogen-bond acceptors (Lipinski definition) is 9. The summed E-state index contributed by atoms with van der Waals surface area (Å²) in [6, 6.07) is 13.0. The first-order valence-electron chi connectivity index (χ1n) is 12.3. The minimum Gasteiger partial charge on any atom is -0.497 e. The van der Waals surface area contributed by atoms with Crippen LogP contribution in [0.3, 0.4) is 0 Å². The third-order valence-electron chi connectivity index (χ3n) is 5.88. The maximum Gasteiger partial charge on any atom is 0.343 e. The fourth-order valence-corrected chi connectivity index (χ4v) is 5.24. The third kappa shape index (κ3) is 6.88. The molecular weight excluding hydrogens is 522 g/mol. The molecule has 1 aliphatic carbocycles. The molecule has 2 aromatic carbocycles. The Hall–Kier alpha value is -4.51. The monoisotopic (exact) mass is 549 g/mol. The quantitative estimate of drug-likeness (QED) is 0.142. The van der Waals surface area contributed by atoms with Crippen molar-refractivity contribution in [2.75, 3.05) is 19.0 Å².